The Morgan fingerprint density at radius 1 is 0.864 bits per heavy atom. The van der Waals surface area contributed by atoms with Gasteiger partial charge in [-0.05, 0) is 43.4 Å². The lowest BCUT2D eigenvalue weighted by Gasteiger charge is -2.21. The Balaban J connectivity index is 3.65. The van der Waals surface area contributed by atoms with Crippen molar-refractivity contribution in [3.8, 4) is 11.5 Å². The van der Waals surface area contributed by atoms with Gasteiger partial charge < -0.3 is 31.2 Å². The molecule has 22 heavy (non-hydrogen) atoms. The van der Waals surface area contributed by atoms with Crippen molar-refractivity contribution in [1.29, 1.82) is 0 Å². The predicted octanol–water partition coefficient (Wildman–Crippen LogP) is 0.288. The Morgan fingerprint density at radius 3 is 1.77 bits per heavy atom. The predicted molar refractivity (Wildman–Crippen MR) is 77.9 cm³/mol. The lowest BCUT2D eigenvalue weighted by atomic mass is 9.92. The molecular formula is C14H20N2O6. The molecule has 0 radical (unpaired) electrons. The van der Waals surface area contributed by atoms with E-state index in [2.05, 4.69) is 0 Å². The van der Waals surface area contributed by atoms with Crippen molar-refractivity contribution in [1.82, 2.24) is 0 Å². The number of nitrogens with two attached hydrogens (primary N) is 2. The molecule has 0 aliphatic carbocycles. The molecular weight excluding hydrogens is 292 g/mol. The Bertz CT molecular complexity index is 585. The molecule has 122 valence electrons. The van der Waals surface area contributed by atoms with Crippen molar-refractivity contribution in [3.63, 3.8) is 0 Å². The summed E-state index contributed by atoms with van der Waals surface area (Å²) in [7, 11) is 0. The molecule has 8 nitrogen and oxygen atoms in total. The van der Waals surface area contributed by atoms with Gasteiger partial charge in [-0.2, -0.15) is 0 Å². The normalized spacial score (nSPS) is 10.4. The first-order valence-electron chi connectivity index (χ1n) is 6.64. The highest BCUT2D eigenvalue weighted by atomic mass is 16.6. The maximum absolute atomic E-state index is 11.1. The summed E-state index contributed by atoms with van der Waals surface area (Å²) < 4.78 is 9.91. The number of aliphatic hydroxyl groups is 2. The molecule has 0 atom stereocenters. The summed E-state index contributed by atoms with van der Waals surface area (Å²) in [6, 6.07) is 0. The average molecular weight is 312 g/mol. The maximum atomic E-state index is 11.1. The molecule has 1 aromatic carbocycles. The van der Waals surface area contributed by atoms with Gasteiger partial charge in [0.05, 0.1) is 0 Å². The number of carbonyl (C=O) groups excluding carboxylic acids is 2. The van der Waals surface area contributed by atoms with E-state index in [4.69, 9.17) is 20.9 Å². The number of carbonyl (C=O) groups is 2. The van der Waals surface area contributed by atoms with Gasteiger partial charge in [-0.25, -0.2) is 9.59 Å². The molecule has 8 heteroatoms. The van der Waals surface area contributed by atoms with Gasteiger partial charge in [-0.3, -0.25) is 0 Å². The summed E-state index contributed by atoms with van der Waals surface area (Å²) in [5.74, 6) is -0.0826. The number of hydrogen-bond acceptors (Lipinski definition) is 6. The van der Waals surface area contributed by atoms with Gasteiger partial charge >= 0.3 is 12.2 Å². The monoisotopic (exact) mass is 312 g/mol. The molecule has 0 spiro atoms. The molecule has 0 saturated heterocycles. The minimum absolute atomic E-state index is 0.0381. The van der Waals surface area contributed by atoms with Gasteiger partial charge in [0.25, 0.3) is 0 Å². The smallest absolute Gasteiger partial charge is 0.406 e. The van der Waals surface area contributed by atoms with E-state index < -0.39 is 12.2 Å². The van der Waals surface area contributed by atoms with Crippen LogP contribution in [0.2, 0.25) is 0 Å². The zero-order valence-electron chi connectivity index (χ0n) is 12.5. The molecule has 0 aliphatic rings. The Morgan fingerprint density at radius 2 is 1.32 bits per heavy atom. The molecule has 6 N–H and O–H groups in total. The van der Waals surface area contributed by atoms with Gasteiger partial charge in [0.1, 0.15) is 0 Å². The topological polar surface area (TPSA) is 145 Å². The molecule has 0 bridgehead atoms. The van der Waals surface area contributed by atoms with E-state index in [1.165, 1.54) is 0 Å². The zero-order valence-corrected chi connectivity index (χ0v) is 12.5. The first kappa shape index (κ1) is 17.7. The summed E-state index contributed by atoms with van der Waals surface area (Å²) in [5, 5.41) is 18.4. The van der Waals surface area contributed by atoms with Crippen LogP contribution in [0, 0.1) is 13.8 Å². The molecule has 0 saturated carbocycles. The summed E-state index contributed by atoms with van der Waals surface area (Å²) in [6.07, 6.45) is -1.70. The number of benzene rings is 1. The lowest BCUT2D eigenvalue weighted by Crippen LogP contribution is -2.22. The molecule has 2 amide bonds. The second-order valence-corrected chi connectivity index (χ2v) is 4.65. The van der Waals surface area contributed by atoms with Crippen LogP contribution < -0.4 is 20.9 Å². The first-order chi connectivity index (χ1) is 10.3. The van der Waals surface area contributed by atoms with Crippen molar-refractivity contribution in [2.24, 2.45) is 11.5 Å². The van der Waals surface area contributed by atoms with Gasteiger partial charge in [0.2, 0.25) is 0 Å². The molecule has 0 aromatic heterocycles. The Hall–Kier alpha value is -2.32. The molecule has 0 fully saturated rings. The second kappa shape index (κ2) is 7.62. The van der Waals surface area contributed by atoms with Crippen LogP contribution in [0.25, 0.3) is 0 Å². The van der Waals surface area contributed by atoms with E-state index >= 15 is 0 Å². The van der Waals surface area contributed by atoms with Crippen LogP contribution in [0.3, 0.4) is 0 Å². The first-order valence-corrected chi connectivity index (χ1v) is 6.64. The fourth-order valence-electron chi connectivity index (χ4n) is 2.41. The van der Waals surface area contributed by atoms with E-state index in [-0.39, 0.29) is 31.1 Å². The van der Waals surface area contributed by atoms with Crippen molar-refractivity contribution in [2.45, 2.75) is 26.7 Å². The fraction of sp³-hybridized carbons (Fsp3) is 0.429. The van der Waals surface area contributed by atoms with Crippen LogP contribution >= 0.6 is 0 Å². The van der Waals surface area contributed by atoms with Crippen LogP contribution in [0.1, 0.15) is 22.3 Å². The summed E-state index contributed by atoms with van der Waals surface area (Å²) >= 11 is 0. The number of amides is 2. The quantitative estimate of drug-likeness (QED) is 0.594. The number of aliphatic hydroxyl groups excluding tert-OH is 2. The van der Waals surface area contributed by atoms with Crippen LogP contribution in [0.4, 0.5) is 9.59 Å². The standard InChI is InChI=1S/C14H20N2O6/c1-7-9(3-5-17)8(2)11(21-13(15)19)12(22-14(16)20)10(7)4-6-18/h17-18H,3-6H2,1-2H3,(H2,15,19)(H2,16,20). The molecule has 1 aromatic rings. The molecule has 1 rings (SSSR count). The van der Waals surface area contributed by atoms with Crippen LogP contribution in [-0.4, -0.2) is 35.6 Å². The van der Waals surface area contributed by atoms with E-state index in [1.54, 1.807) is 13.8 Å². The van der Waals surface area contributed by atoms with Crippen molar-refractivity contribution >= 4 is 12.2 Å². The largest absolute Gasteiger partial charge is 0.410 e. The van der Waals surface area contributed by atoms with Gasteiger partial charge in [-0.15, -0.1) is 0 Å². The number of primary amides is 2. The third kappa shape index (κ3) is 3.86. The van der Waals surface area contributed by atoms with Gasteiger partial charge in [0, 0.05) is 18.8 Å². The minimum atomic E-state index is -1.08. The van der Waals surface area contributed by atoms with E-state index in [0.717, 1.165) is 5.56 Å². The highest BCUT2D eigenvalue weighted by Crippen LogP contribution is 2.40. The van der Waals surface area contributed by atoms with E-state index in [1.807, 2.05) is 0 Å². The number of hydrogen-bond donors (Lipinski definition) is 4. The molecule has 0 heterocycles. The van der Waals surface area contributed by atoms with E-state index in [9.17, 15) is 19.8 Å². The zero-order chi connectivity index (χ0) is 16.9. The van der Waals surface area contributed by atoms with Crippen molar-refractivity contribution in [3.05, 3.63) is 22.3 Å². The third-order valence-corrected chi connectivity index (χ3v) is 3.31. The number of rotatable bonds is 6. The molecule has 0 aliphatic heterocycles. The minimum Gasteiger partial charge on any atom is -0.406 e. The van der Waals surface area contributed by atoms with Crippen LogP contribution in [0.15, 0.2) is 0 Å². The van der Waals surface area contributed by atoms with Crippen LogP contribution in [0.5, 0.6) is 11.5 Å². The van der Waals surface area contributed by atoms with E-state index in [0.29, 0.717) is 23.1 Å². The summed E-state index contributed by atoms with van der Waals surface area (Å²) in [4.78, 5) is 22.2. The summed E-state index contributed by atoms with van der Waals surface area (Å²) in [5.41, 5.74) is 12.5. The van der Waals surface area contributed by atoms with Crippen molar-refractivity contribution in [2.75, 3.05) is 13.2 Å². The lowest BCUT2D eigenvalue weighted by molar-refractivity contribution is 0.199. The highest BCUT2D eigenvalue weighted by Gasteiger charge is 2.24. The highest BCUT2D eigenvalue weighted by molar-refractivity contribution is 5.75. The van der Waals surface area contributed by atoms with Crippen LogP contribution in [-0.2, 0) is 12.8 Å². The average Bonchev–Trinajstić information content (AvgIpc) is 2.43. The summed E-state index contributed by atoms with van der Waals surface area (Å²) in [6.45, 7) is 3.07. The Kier molecular flexibility index (Phi) is 6.14. The fourth-order valence-corrected chi connectivity index (χ4v) is 2.41. The second-order valence-electron chi connectivity index (χ2n) is 4.65. The third-order valence-electron chi connectivity index (χ3n) is 3.31. The van der Waals surface area contributed by atoms with Gasteiger partial charge in [0.15, 0.2) is 11.5 Å². The van der Waals surface area contributed by atoms with Crippen molar-refractivity contribution < 1.29 is 29.3 Å². The maximum Gasteiger partial charge on any atom is 0.410 e. The van der Waals surface area contributed by atoms with Gasteiger partial charge in [-0.1, -0.05) is 0 Å². The number of ether oxygens (including phenoxy) is 2. The molecule has 0 unspecified atom stereocenters. The SMILES string of the molecule is Cc1c(CCO)c(C)c(OC(N)=O)c(OC(N)=O)c1CCO. The Labute approximate surface area is 127 Å².